The zero-order chi connectivity index (χ0) is 11.9. The first-order valence-corrected chi connectivity index (χ1v) is 8.30. The summed E-state index contributed by atoms with van der Waals surface area (Å²) in [5.74, 6) is 1.94. The van der Waals surface area contributed by atoms with E-state index in [9.17, 15) is 0 Å². The van der Waals surface area contributed by atoms with E-state index in [1.807, 2.05) is 0 Å². The maximum atomic E-state index is 2.44. The molecule has 0 aromatic rings. The second-order valence-electron chi connectivity index (χ2n) is 7.45. The molecule has 0 N–H and O–H groups in total. The van der Waals surface area contributed by atoms with E-state index in [4.69, 9.17) is 0 Å². The molecular formula is C14H28Sn. The van der Waals surface area contributed by atoms with Gasteiger partial charge in [-0.1, -0.05) is 0 Å². The first-order chi connectivity index (χ1) is 6.64. The van der Waals surface area contributed by atoms with Crippen LogP contribution in [-0.2, 0) is 0 Å². The SMILES string of the molecule is CC(C)(C)C1CCCC(C(C)(C)C)[CH]1[SnH]. The molecule has 0 saturated heterocycles. The maximum absolute atomic E-state index is 2.44. The van der Waals surface area contributed by atoms with E-state index in [1.54, 1.807) is 0 Å². The van der Waals surface area contributed by atoms with Gasteiger partial charge >= 0.3 is 110 Å². The van der Waals surface area contributed by atoms with Crippen molar-refractivity contribution in [3.63, 3.8) is 0 Å². The van der Waals surface area contributed by atoms with Crippen LogP contribution in [0.3, 0.4) is 0 Å². The first kappa shape index (κ1) is 13.9. The van der Waals surface area contributed by atoms with Crippen molar-refractivity contribution < 1.29 is 0 Å². The Morgan fingerprint density at radius 1 is 0.800 bits per heavy atom. The van der Waals surface area contributed by atoms with Gasteiger partial charge in [-0.15, -0.1) is 0 Å². The molecule has 2 unspecified atom stereocenters. The fraction of sp³-hybridized carbons (Fsp3) is 1.00. The van der Waals surface area contributed by atoms with Crippen molar-refractivity contribution >= 4 is 22.5 Å². The van der Waals surface area contributed by atoms with Crippen molar-refractivity contribution in [3.05, 3.63) is 0 Å². The van der Waals surface area contributed by atoms with E-state index in [0.29, 0.717) is 10.8 Å². The van der Waals surface area contributed by atoms with Gasteiger partial charge in [0.05, 0.1) is 0 Å². The Kier molecular flexibility index (Phi) is 4.23. The van der Waals surface area contributed by atoms with Gasteiger partial charge < -0.3 is 0 Å². The van der Waals surface area contributed by atoms with E-state index in [0.717, 1.165) is 15.8 Å². The molecule has 0 bridgehead atoms. The van der Waals surface area contributed by atoms with Gasteiger partial charge in [-0.3, -0.25) is 0 Å². The summed E-state index contributed by atoms with van der Waals surface area (Å²) in [4.78, 5) is 0. The van der Waals surface area contributed by atoms with E-state index < -0.39 is 0 Å². The normalized spacial score (nSPS) is 34.2. The zero-order valence-corrected chi connectivity index (χ0v) is 14.7. The molecule has 0 heterocycles. The topological polar surface area (TPSA) is 0 Å². The van der Waals surface area contributed by atoms with Crippen LogP contribution in [0.25, 0.3) is 0 Å². The van der Waals surface area contributed by atoms with Crippen LogP contribution in [0.1, 0.15) is 60.8 Å². The van der Waals surface area contributed by atoms with E-state index in [1.165, 1.54) is 41.8 Å². The molecule has 1 aliphatic carbocycles. The van der Waals surface area contributed by atoms with Gasteiger partial charge in [-0.2, -0.15) is 0 Å². The van der Waals surface area contributed by atoms with Crippen LogP contribution in [0, 0.1) is 22.7 Å². The van der Waals surface area contributed by atoms with Crippen LogP contribution in [0.5, 0.6) is 0 Å². The minimum absolute atomic E-state index is 0.522. The number of rotatable bonds is 0. The van der Waals surface area contributed by atoms with E-state index in [2.05, 4.69) is 41.5 Å². The summed E-state index contributed by atoms with van der Waals surface area (Å²) in [6.45, 7) is 14.6. The molecule has 0 aliphatic heterocycles. The molecule has 2 atom stereocenters. The molecule has 0 nitrogen and oxygen atoms in total. The van der Waals surface area contributed by atoms with E-state index in [-0.39, 0.29) is 0 Å². The Hall–Kier alpha value is 0.799. The molecule has 2 radical (unpaired) electrons. The molecule has 15 heavy (non-hydrogen) atoms. The summed E-state index contributed by atoms with van der Waals surface area (Å²) < 4.78 is 1.02. The van der Waals surface area contributed by atoms with Crippen LogP contribution in [0.2, 0.25) is 3.93 Å². The van der Waals surface area contributed by atoms with Gasteiger partial charge in [-0.05, 0) is 0 Å². The Labute approximate surface area is 110 Å². The number of hydrogen-bond donors (Lipinski definition) is 0. The molecular weight excluding hydrogens is 287 g/mol. The summed E-state index contributed by atoms with van der Waals surface area (Å²) >= 11 is 1.45. The Morgan fingerprint density at radius 2 is 1.13 bits per heavy atom. The van der Waals surface area contributed by atoms with Gasteiger partial charge in [0, 0.05) is 0 Å². The standard InChI is InChI=1S/C14H27.Sn.H/c1-13(2,3)11-8-7-9-12(10-11)14(4,5)6;;/h10-12H,7-9H2,1-6H3;;. The molecule has 1 aliphatic rings. The summed E-state index contributed by atoms with van der Waals surface area (Å²) in [7, 11) is 0. The van der Waals surface area contributed by atoms with Gasteiger partial charge in [0.1, 0.15) is 0 Å². The van der Waals surface area contributed by atoms with Crippen molar-refractivity contribution in [2.75, 3.05) is 0 Å². The Morgan fingerprint density at radius 3 is 1.40 bits per heavy atom. The van der Waals surface area contributed by atoms with Crippen molar-refractivity contribution in [2.24, 2.45) is 22.7 Å². The molecule has 0 spiro atoms. The first-order valence-electron chi connectivity index (χ1n) is 6.39. The van der Waals surface area contributed by atoms with Crippen molar-refractivity contribution in [3.8, 4) is 0 Å². The van der Waals surface area contributed by atoms with Crippen molar-refractivity contribution in [1.29, 1.82) is 0 Å². The van der Waals surface area contributed by atoms with Crippen molar-refractivity contribution in [1.82, 2.24) is 0 Å². The summed E-state index contributed by atoms with van der Waals surface area (Å²) in [5, 5.41) is 0. The van der Waals surface area contributed by atoms with Crippen LogP contribution in [-0.4, -0.2) is 22.5 Å². The average Bonchev–Trinajstić information content (AvgIpc) is 1.99. The van der Waals surface area contributed by atoms with Crippen molar-refractivity contribution in [2.45, 2.75) is 64.7 Å². The third-order valence-corrected chi connectivity index (χ3v) is 6.84. The van der Waals surface area contributed by atoms with Crippen LogP contribution < -0.4 is 0 Å². The fourth-order valence-corrected chi connectivity index (χ4v) is 7.64. The third kappa shape index (κ3) is 3.38. The van der Waals surface area contributed by atoms with Gasteiger partial charge in [0.25, 0.3) is 0 Å². The predicted molar refractivity (Wildman–Crippen MR) is 70.6 cm³/mol. The molecule has 0 amide bonds. The summed E-state index contributed by atoms with van der Waals surface area (Å²) in [5.41, 5.74) is 1.04. The van der Waals surface area contributed by atoms with Crippen LogP contribution >= 0.6 is 0 Å². The van der Waals surface area contributed by atoms with Crippen LogP contribution in [0.4, 0.5) is 0 Å². The average molecular weight is 315 g/mol. The molecule has 88 valence electrons. The van der Waals surface area contributed by atoms with E-state index >= 15 is 0 Å². The Bertz CT molecular complexity index is 184. The molecule has 0 aromatic carbocycles. The molecule has 1 saturated carbocycles. The van der Waals surface area contributed by atoms with Crippen LogP contribution in [0.15, 0.2) is 0 Å². The molecule has 0 aromatic heterocycles. The quantitative estimate of drug-likeness (QED) is 0.588. The van der Waals surface area contributed by atoms with Gasteiger partial charge in [-0.25, -0.2) is 0 Å². The zero-order valence-electron chi connectivity index (χ0n) is 11.4. The third-order valence-electron chi connectivity index (χ3n) is 4.18. The second kappa shape index (κ2) is 4.58. The molecule has 1 rings (SSSR count). The second-order valence-corrected chi connectivity index (χ2v) is 9.65. The Balaban J connectivity index is 2.81. The summed E-state index contributed by atoms with van der Waals surface area (Å²) in [6.07, 6.45) is 4.41. The fourth-order valence-electron chi connectivity index (χ4n) is 3.24. The van der Waals surface area contributed by atoms with Gasteiger partial charge in [0.15, 0.2) is 0 Å². The predicted octanol–water partition coefficient (Wildman–Crippen LogP) is 4.18. The summed E-state index contributed by atoms with van der Waals surface area (Å²) in [6, 6.07) is 0. The molecule has 1 fully saturated rings. The minimum atomic E-state index is 0.522. The van der Waals surface area contributed by atoms with Gasteiger partial charge in [0.2, 0.25) is 0 Å². The monoisotopic (exact) mass is 316 g/mol. The molecule has 1 heteroatoms. The number of hydrogen-bond acceptors (Lipinski definition) is 0.